The molecule has 125 heavy (non-hydrogen) atoms. The van der Waals surface area contributed by atoms with E-state index in [2.05, 4.69) is 94.7 Å². The van der Waals surface area contributed by atoms with E-state index in [-0.39, 0.29) is 86.3 Å². The number of hydrogen-bond donors (Lipinski definition) is 8. The second-order valence-corrected chi connectivity index (χ2v) is 28.3. The number of carbonyl (C=O) groups is 4. The van der Waals surface area contributed by atoms with Crippen molar-refractivity contribution in [2.24, 2.45) is 5.73 Å². The molecule has 2 aliphatic carbocycles. The normalized spacial score (nSPS) is 10.5. The highest BCUT2D eigenvalue weighted by molar-refractivity contribution is 7.80. The molecular weight excluding hydrogens is 1600 g/mol. The number of methoxy groups -OCH3 is 3. The van der Waals surface area contributed by atoms with Gasteiger partial charge in [-0.05, 0) is 181 Å². The van der Waals surface area contributed by atoms with Crippen LogP contribution in [0.3, 0.4) is 0 Å². The maximum atomic E-state index is 13.4. The number of nitrogens with two attached hydrogens (primary N) is 1. The molecule has 31 heteroatoms. The fraction of sp³-hybridized carbons (Fsp3) is 0.415. The molecule has 0 bridgehead atoms. The van der Waals surface area contributed by atoms with Crippen molar-refractivity contribution >= 4 is 97.0 Å². The second-order valence-electron chi connectivity index (χ2n) is 27.9. The van der Waals surface area contributed by atoms with Crippen molar-refractivity contribution in [3.8, 4) is 73.8 Å². The molecule has 0 unspecified atom stereocenters. The van der Waals surface area contributed by atoms with Crippen molar-refractivity contribution in [3.05, 3.63) is 202 Å². The van der Waals surface area contributed by atoms with Crippen molar-refractivity contribution in [2.45, 2.75) is 132 Å². The van der Waals surface area contributed by atoms with Crippen LogP contribution in [-0.2, 0) is 48.3 Å². The summed E-state index contributed by atoms with van der Waals surface area (Å²) in [6.07, 6.45) is 6.60. The number of anilines is 1. The van der Waals surface area contributed by atoms with Crippen LogP contribution in [0, 0.1) is 0 Å². The van der Waals surface area contributed by atoms with E-state index in [1.807, 2.05) is 144 Å². The summed E-state index contributed by atoms with van der Waals surface area (Å²) in [7, 11) is 15.4. The Morgan fingerprint density at radius 3 is 1.46 bits per heavy atom. The fourth-order valence-electron chi connectivity index (χ4n) is 13.1. The van der Waals surface area contributed by atoms with E-state index >= 15 is 0 Å². The minimum Gasteiger partial charge on any atom is -0.508 e. The van der Waals surface area contributed by atoms with Crippen molar-refractivity contribution in [3.63, 3.8) is 0 Å². The fourth-order valence-corrected chi connectivity index (χ4v) is 13.3. The van der Waals surface area contributed by atoms with Gasteiger partial charge in [-0.1, -0.05) is 107 Å². The minimum atomic E-state index is -0.371. The number of phenolic OH excluding ortho intramolecular Hbond substituents is 1. The molecule has 7 aromatic rings. The molecule has 1 heterocycles. The molecular formula is C94H127B4N10O16S. The van der Waals surface area contributed by atoms with Crippen molar-refractivity contribution in [2.75, 3.05) is 133 Å². The maximum absolute atomic E-state index is 13.4. The van der Waals surface area contributed by atoms with Gasteiger partial charge in [0.05, 0.1) is 55.5 Å². The highest BCUT2D eigenvalue weighted by Crippen LogP contribution is 2.45. The predicted molar refractivity (Wildman–Crippen MR) is 507 cm³/mol. The SMILES string of the molecule is C.CCCCNC(=S)Nc1ccc(-c2c3ccc(=O)cc-3oc3cc(O)ccc23)cc1.CCCN(C)Cc1ccc(OCCCC(=O)NCC)cc1OC.CCNC(=O)CCCOc1ccc(CN(C)CCN)c(OC)c1.CCNC(=O)CCCOc1ccc(CN(CCNC)C(=O)OCC2c3ccccc3-c3ccccc32)c(OC)c1.O=C=O.[B].[B].[B].[B]C. The second kappa shape index (κ2) is 63.6. The number of nitrogens with zero attached hydrogens (tertiary/aromatic N) is 3. The van der Waals surface area contributed by atoms with Gasteiger partial charge in [0.2, 0.25) is 17.7 Å². The number of aromatic hydroxyl groups is 1. The Hall–Kier alpha value is -11.3. The Morgan fingerprint density at radius 1 is 0.552 bits per heavy atom. The number of amides is 4. The lowest BCUT2D eigenvalue weighted by Gasteiger charge is -2.24. The standard InChI is InChI=1S/C32H39N3O5.C24H22N2O3S.C18H30N2O3.C17H29N3O3.CH3B.CO2.CH4.3B/c1-4-34-31(36)14-9-19-39-24-16-15-23(30(20-24)38-3)21-35(18-17-33-2)32(37)40-22-29-27-12-7-5-10-25(27)26-11-6-8-13-28(26)29;1-2-3-12-25-24(30)26-16-6-4-15(5-7-16)23-19-10-8-17(27)13-21(19)29-22-14-18(28)9-11-20(22)23;1-5-11-20(3)14-15-9-10-16(13-17(15)22-4)23-12-7-8-18(21)19-6-2;1-4-19-17(21)6-5-11-23-15-8-7-14(16(12-15)22-3)13-20(2)10-9-18;1-2;2-1-3;;;;/h5-8,10-13,15-16,20,29,33H,4,9,14,17-19,21-22H2,1-3H3,(H,34,36);4-11,13-14,27H,2-3,12H2,1H3,(H2,25,26,30);9-10,13H,5-8,11-12,14H2,1-4H3,(H,19,21);7-8,12H,4-6,9-11,13,18H2,1-3H3,(H,19,21);1H3;;1H4;;;. The number of fused-ring (bicyclic) bond motifs is 5. The van der Waals surface area contributed by atoms with E-state index in [0.717, 1.165) is 119 Å². The van der Waals surface area contributed by atoms with E-state index in [1.165, 1.54) is 41.2 Å². The zero-order valence-electron chi connectivity index (χ0n) is 74.1. The summed E-state index contributed by atoms with van der Waals surface area (Å²) >= 11 is 5.34. The zero-order chi connectivity index (χ0) is 88.3. The molecule has 9 N–H and O–H groups in total. The summed E-state index contributed by atoms with van der Waals surface area (Å²) in [5.74, 6) is 5.21. The molecule has 10 rings (SSSR count). The largest absolute Gasteiger partial charge is 0.508 e. The van der Waals surface area contributed by atoms with Crippen LogP contribution in [0.1, 0.15) is 134 Å². The Labute approximate surface area is 752 Å². The molecule has 0 spiro atoms. The van der Waals surface area contributed by atoms with Gasteiger partial charge in [0, 0.05) is 185 Å². The number of hydrogen-bond acceptors (Lipinski definition) is 21. The van der Waals surface area contributed by atoms with Gasteiger partial charge in [0.25, 0.3) is 0 Å². The topological polar surface area (TPSA) is 325 Å². The minimum absolute atomic E-state index is 0. The summed E-state index contributed by atoms with van der Waals surface area (Å²) in [4.78, 5) is 81.9. The molecule has 0 fully saturated rings. The van der Waals surface area contributed by atoms with Crippen LogP contribution >= 0.6 is 12.2 Å². The molecule has 3 aliphatic rings. The third-order valence-corrected chi connectivity index (χ3v) is 19.1. The van der Waals surface area contributed by atoms with Crippen molar-refractivity contribution in [1.82, 2.24) is 41.3 Å². The number of rotatable bonds is 41. The van der Waals surface area contributed by atoms with E-state index in [0.29, 0.717) is 132 Å². The zero-order valence-corrected chi connectivity index (χ0v) is 74.9. The molecule has 0 saturated carbocycles. The monoisotopic (exact) mass is 1730 g/mol. The summed E-state index contributed by atoms with van der Waals surface area (Å²) in [5, 5.41) is 29.2. The van der Waals surface area contributed by atoms with Gasteiger partial charge in [-0.3, -0.25) is 19.2 Å². The van der Waals surface area contributed by atoms with E-state index in [9.17, 15) is 29.1 Å². The number of unbranched alkanes of at least 4 members (excludes halogenated alkanes) is 1. The number of ether oxygens (including phenoxy) is 7. The number of phenols is 1. The molecule has 1 aliphatic heterocycles. The van der Waals surface area contributed by atoms with Crippen LogP contribution in [0.5, 0.6) is 40.2 Å². The molecule has 667 valence electrons. The third kappa shape index (κ3) is 38.4. The van der Waals surface area contributed by atoms with Crippen LogP contribution in [0.15, 0.2) is 173 Å². The van der Waals surface area contributed by atoms with Gasteiger partial charge >= 0.3 is 12.2 Å². The average molecular weight is 1730 g/mol. The van der Waals surface area contributed by atoms with E-state index in [4.69, 9.17) is 65.1 Å². The van der Waals surface area contributed by atoms with E-state index in [1.54, 1.807) is 44.4 Å². The molecule has 7 aromatic carbocycles. The maximum Gasteiger partial charge on any atom is 0.410 e. The molecule has 4 amide bonds. The van der Waals surface area contributed by atoms with Gasteiger partial charge in [0.15, 0.2) is 10.5 Å². The highest BCUT2D eigenvalue weighted by atomic mass is 32.1. The lowest BCUT2D eigenvalue weighted by Crippen LogP contribution is -2.36. The third-order valence-electron chi connectivity index (χ3n) is 18.9. The van der Waals surface area contributed by atoms with Crippen molar-refractivity contribution in [1.29, 1.82) is 0 Å². The summed E-state index contributed by atoms with van der Waals surface area (Å²) < 4.78 is 45.6. The lowest BCUT2D eigenvalue weighted by molar-refractivity contribution is -0.191. The average Bonchev–Trinajstić information content (AvgIpc) is 1.57. The van der Waals surface area contributed by atoms with E-state index < -0.39 is 0 Å². The smallest absolute Gasteiger partial charge is 0.410 e. The summed E-state index contributed by atoms with van der Waals surface area (Å²) in [5.41, 5.74) is 17.5. The number of nitrogens with one attached hydrogen (secondary N) is 6. The Kier molecular flexibility index (Phi) is 56.8. The first-order valence-corrected chi connectivity index (χ1v) is 41.6. The van der Waals surface area contributed by atoms with Crippen LogP contribution in [0.4, 0.5) is 10.5 Å². The Bertz CT molecular complexity index is 4570. The van der Waals surface area contributed by atoms with Gasteiger partial charge < -0.3 is 95.0 Å². The lowest BCUT2D eigenvalue weighted by atomic mass is 9.93. The molecule has 0 aromatic heterocycles. The summed E-state index contributed by atoms with van der Waals surface area (Å²) in [6.45, 7) is 21.7. The first-order chi connectivity index (χ1) is 58.7. The Morgan fingerprint density at radius 2 is 1.02 bits per heavy atom. The van der Waals surface area contributed by atoms with Crippen LogP contribution in [-0.4, -0.2) is 216 Å². The Balaban J connectivity index is 0.000000830. The first-order valence-electron chi connectivity index (χ1n) is 41.2. The predicted octanol–water partition coefficient (Wildman–Crippen LogP) is 13.6. The number of thiocarbonyl (C=S) groups is 1. The molecule has 11 radical (unpaired) electrons. The quantitative estimate of drug-likeness (QED) is 0.00764. The molecule has 26 nitrogen and oxygen atoms in total. The van der Waals surface area contributed by atoms with Gasteiger partial charge in [-0.25, -0.2) is 4.79 Å². The number of carbonyl (C=O) groups excluding carboxylic acids is 6. The van der Waals surface area contributed by atoms with Crippen LogP contribution in [0.2, 0.25) is 6.82 Å². The number of likely N-dealkylation sites (N-methyl/N-ethyl adjacent to an activating group) is 2. The van der Waals surface area contributed by atoms with Gasteiger partial charge in [-0.2, -0.15) is 9.59 Å². The van der Waals surface area contributed by atoms with Gasteiger partial charge in [-0.15, -0.1) is 0 Å². The highest BCUT2D eigenvalue weighted by Gasteiger charge is 2.30. The first kappa shape index (κ1) is 112. The van der Waals surface area contributed by atoms with Crippen molar-refractivity contribution < 1.29 is 71.4 Å². The van der Waals surface area contributed by atoms with Crippen LogP contribution in [0.25, 0.3) is 44.5 Å². The number of benzene rings is 8. The molecule has 0 saturated heterocycles. The summed E-state index contributed by atoms with van der Waals surface area (Å²) in [6, 6.07) is 51.7. The molecule has 0 atom stereocenters. The van der Waals surface area contributed by atoms with Gasteiger partial charge in [0.1, 0.15) is 58.2 Å². The van der Waals surface area contributed by atoms with Crippen LogP contribution < -0.4 is 71.5 Å².